The smallest absolute Gasteiger partial charge is 0.422 e. The average Bonchev–Trinajstić information content (AvgIpc) is 2.88. The van der Waals surface area contributed by atoms with Crippen molar-refractivity contribution in [2.75, 3.05) is 62.0 Å². The van der Waals surface area contributed by atoms with E-state index in [9.17, 15) is 18.0 Å². The van der Waals surface area contributed by atoms with Gasteiger partial charge in [0.1, 0.15) is 0 Å². The molecule has 2 heterocycles. The number of carbonyl (C=O) groups excluding carboxylic acids is 1. The summed E-state index contributed by atoms with van der Waals surface area (Å²) in [5.74, 6) is 0.244. The molecule has 0 spiro atoms. The third kappa shape index (κ3) is 7.45. The molecule has 3 aromatic rings. The van der Waals surface area contributed by atoms with Crippen molar-refractivity contribution in [1.82, 2.24) is 19.9 Å². The van der Waals surface area contributed by atoms with Gasteiger partial charge in [-0.15, -0.1) is 0 Å². The molecule has 1 amide bonds. The SMILES string of the molecule is CN(C)c1cccc(Nc2nc(OCC(F)(F)F)nc(N3CCN(C(=O)Cc4ccccc4)CC3)n2)c1. The Labute approximate surface area is 212 Å². The number of amides is 1. The number of carbonyl (C=O) groups is 1. The highest BCUT2D eigenvalue weighted by Gasteiger charge is 2.30. The molecule has 1 aromatic heterocycles. The first kappa shape index (κ1) is 26.0. The van der Waals surface area contributed by atoms with Crippen molar-refractivity contribution in [1.29, 1.82) is 0 Å². The highest BCUT2D eigenvalue weighted by molar-refractivity contribution is 5.79. The Balaban J connectivity index is 1.48. The molecule has 1 aliphatic rings. The van der Waals surface area contributed by atoms with E-state index >= 15 is 0 Å². The van der Waals surface area contributed by atoms with E-state index in [1.807, 2.05) is 67.5 Å². The highest BCUT2D eigenvalue weighted by atomic mass is 19.4. The van der Waals surface area contributed by atoms with Crippen molar-refractivity contribution >= 4 is 29.2 Å². The van der Waals surface area contributed by atoms with Crippen molar-refractivity contribution in [3.8, 4) is 6.01 Å². The van der Waals surface area contributed by atoms with Gasteiger partial charge in [0.2, 0.25) is 17.8 Å². The summed E-state index contributed by atoms with van der Waals surface area (Å²) in [7, 11) is 3.79. The number of nitrogens with zero attached hydrogens (tertiary/aromatic N) is 6. The molecule has 0 aliphatic carbocycles. The Morgan fingerprint density at radius 1 is 1.00 bits per heavy atom. The van der Waals surface area contributed by atoms with E-state index in [0.717, 1.165) is 11.3 Å². The maximum absolute atomic E-state index is 12.8. The summed E-state index contributed by atoms with van der Waals surface area (Å²) in [5.41, 5.74) is 2.51. The van der Waals surface area contributed by atoms with E-state index in [1.54, 1.807) is 15.9 Å². The van der Waals surface area contributed by atoms with Crippen LogP contribution in [0, 0.1) is 0 Å². The second-order valence-electron chi connectivity index (χ2n) is 8.75. The van der Waals surface area contributed by atoms with E-state index in [2.05, 4.69) is 20.3 Å². The summed E-state index contributed by atoms with van der Waals surface area (Å²) in [6.45, 7) is 0.179. The van der Waals surface area contributed by atoms with Crippen LogP contribution in [0.3, 0.4) is 0 Å². The minimum absolute atomic E-state index is 0.0128. The predicted octanol–water partition coefficient (Wildman–Crippen LogP) is 3.51. The predicted molar refractivity (Wildman–Crippen MR) is 134 cm³/mol. The Kier molecular flexibility index (Phi) is 7.95. The van der Waals surface area contributed by atoms with E-state index in [-0.39, 0.29) is 17.8 Å². The molecule has 2 aromatic carbocycles. The standard InChI is InChI=1S/C25H28F3N7O2/c1-33(2)20-10-6-9-19(16-20)29-22-30-23(32-24(31-22)37-17-25(26,27)28)35-13-11-34(12-14-35)21(36)15-18-7-4-3-5-8-18/h3-10,16H,11-15,17H2,1-2H3,(H,29,30,31,32). The van der Waals surface area contributed by atoms with Gasteiger partial charge >= 0.3 is 12.2 Å². The third-order valence-corrected chi connectivity index (χ3v) is 5.70. The topological polar surface area (TPSA) is 86.7 Å². The van der Waals surface area contributed by atoms with Crippen LogP contribution in [-0.2, 0) is 11.2 Å². The Morgan fingerprint density at radius 2 is 1.73 bits per heavy atom. The summed E-state index contributed by atoms with van der Waals surface area (Å²) in [6.07, 6.45) is -4.23. The number of halogens is 3. The summed E-state index contributed by atoms with van der Waals surface area (Å²) in [5, 5.41) is 3.03. The van der Waals surface area contributed by atoms with Crippen molar-refractivity contribution < 1.29 is 22.7 Å². The van der Waals surface area contributed by atoms with E-state index < -0.39 is 18.8 Å². The van der Waals surface area contributed by atoms with Gasteiger partial charge in [-0.25, -0.2) is 0 Å². The summed E-state index contributed by atoms with van der Waals surface area (Å²) < 4.78 is 43.2. The zero-order valence-electron chi connectivity index (χ0n) is 20.6. The molecule has 0 bridgehead atoms. The molecular weight excluding hydrogens is 487 g/mol. The van der Waals surface area contributed by atoms with Crippen LogP contribution in [0.5, 0.6) is 6.01 Å². The van der Waals surface area contributed by atoms with Gasteiger partial charge in [0.25, 0.3) is 0 Å². The normalized spacial score (nSPS) is 13.9. The van der Waals surface area contributed by atoms with Crippen LogP contribution in [0.25, 0.3) is 0 Å². The molecule has 1 fully saturated rings. The quantitative estimate of drug-likeness (QED) is 0.488. The van der Waals surface area contributed by atoms with Gasteiger partial charge < -0.3 is 24.8 Å². The number of aromatic nitrogens is 3. The van der Waals surface area contributed by atoms with E-state index in [1.165, 1.54) is 0 Å². The van der Waals surface area contributed by atoms with Gasteiger partial charge in [0.05, 0.1) is 6.42 Å². The fraction of sp³-hybridized carbons (Fsp3) is 0.360. The molecule has 1 aliphatic heterocycles. The third-order valence-electron chi connectivity index (χ3n) is 5.70. The number of hydrogen-bond acceptors (Lipinski definition) is 8. The monoisotopic (exact) mass is 515 g/mol. The van der Waals surface area contributed by atoms with Crippen LogP contribution in [0.1, 0.15) is 5.56 Å². The molecule has 0 radical (unpaired) electrons. The Hall–Kier alpha value is -4.09. The fourth-order valence-corrected chi connectivity index (χ4v) is 3.78. The molecule has 12 heteroatoms. The first-order chi connectivity index (χ1) is 17.7. The minimum atomic E-state index is -4.54. The van der Waals surface area contributed by atoms with Gasteiger partial charge in [-0.2, -0.15) is 28.1 Å². The molecule has 0 unspecified atom stereocenters. The maximum Gasteiger partial charge on any atom is 0.422 e. The summed E-state index contributed by atoms with van der Waals surface area (Å²) in [4.78, 5) is 30.8. The van der Waals surface area contributed by atoms with Crippen molar-refractivity contribution in [3.63, 3.8) is 0 Å². The zero-order chi connectivity index (χ0) is 26.4. The van der Waals surface area contributed by atoms with Crippen molar-refractivity contribution in [2.45, 2.75) is 12.6 Å². The number of ether oxygens (including phenoxy) is 1. The number of anilines is 4. The second-order valence-corrected chi connectivity index (χ2v) is 8.75. The number of hydrogen-bond donors (Lipinski definition) is 1. The molecule has 1 saturated heterocycles. The highest BCUT2D eigenvalue weighted by Crippen LogP contribution is 2.24. The number of rotatable bonds is 8. The molecule has 1 N–H and O–H groups in total. The molecular formula is C25H28F3N7O2. The van der Waals surface area contributed by atoms with Gasteiger partial charge in [0.15, 0.2) is 6.61 Å². The number of alkyl halides is 3. The zero-order valence-corrected chi connectivity index (χ0v) is 20.6. The average molecular weight is 516 g/mol. The van der Waals surface area contributed by atoms with Crippen molar-refractivity contribution in [2.24, 2.45) is 0 Å². The molecule has 37 heavy (non-hydrogen) atoms. The Bertz CT molecular complexity index is 1200. The van der Waals surface area contributed by atoms with E-state index in [4.69, 9.17) is 4.74 Å². The van der Waals surface area contributed by atoms with Crippen LogP contribution >= 0.6 is 0 Å². The molecule has 0 saturated carbocycles. The lowest BCUT2D eigenvalue weighted by Gasteiger charge is -2.35. The lowest BCUT2D eigenvalue weighted by molar-refractivity contribution is -0.154. The Morgan fingerprint density at radius 3 is 2.41 bits per heavy atom. The summed E-state index contributed by atoms with van der Waals surface area (Å²) in [6, 6.07) is 16.5. The molecule has 0 atom stereocenters. The van der Waals surface area contributed by atoms with Crippen LogP contribution in [-0.4, -0.2) is 78.8 Å². The maximum atomic E-state index is 12.8. The lowest BCUT2D eigenvalue weighted by Crippen LogP contribution is -2.49. The van der Waals surface area contributed by atoms with Gasteiger partial charge in [-0.1, -0.05) is 36.4 Å². The lowest BCUT2D eigenvalue weighted by atomic mass is 10.1. The second kappa shape index (κ2) is 11.3. The number of benzene rings is 2. The molecule has 9 nitrogen and oxygen atoms in total. The number of nitrogens with one attached hydrogen (secondary N) is 1. The first-order valence-electron chi connectivity index (χ1n) is 11.7. The van der Waals surface area contributed by atoms with Gasteiger partial charge in [-0.3, -0.25) is 4.79 Å². The van der Waals surface area contributed by atoms with Gasteiger partial charge in [0, 0.05) is 51.6 Å². The first-order valence-corrected chi connectivity index (χ1v) is 11.7. The van der Waals surface area contributed by atoms with Crippen molar-refractivity contribution in [3.05, 3.63) is 60.2 Å². The minimum Gasteiger partial charge on any atom is -0.454 e. The van der Waals surface area contributed by atoms with Gasteiger partial charge in [-0.05, 0) is 23.8 Å². The van der Waals surface area contributed by atoms with Crippen LogP contribution in [0.2, 0.25) is 0 Å². The van der Waals surface area contributed by atoms with Crippen LogP contribution in [0.15, 0.2) is 54.6 Å². The van der Waals surface area contributed by atoms with E-state index in [0.29, 0.717) is 38.3 Å². The van der Waals surface area contributed by atoms with Crippen LogP contribution in [0.4, 0.5) is 36.4 Å². The molecule has 4 rings (SSSR count). The van der Waals surface area contributed by atoms with Crippen LogP contribution < -0.4 is 19.9 Å². The molecule has 196 valence electrons. The fourth-order valence-electron chi connectivity index (χ4n) is 3.78. The largest absolute Gasteiger partial charge is 0.454 e. The summed E-state index contributed by atoms with van der Waals surface area (Å²) >= 11 is 0. The number of piperazine rings is 1.